The zero-order valence-corrected chi connectivity index (χ0v) is 17.9. The molecule has 1 aromatic heterocycles. The van der Waals surface area contributed by atoms with Gasteiger partial charge in [-0.05, 0) is 43.9 Å². The Morgan fingerprint density at radius 1 is 1.13 bits per heavy atom. The highest BCUT2D eigenvalue weighted by atomic mass is 35.5. The number of benzene rings is 2. The van der Waals surface area contributed by atoms with Gasteiger partial charge in [0.1, 0.15) is 5.60 Å². The molecule has 158 valence electrons. The van der Waals surface area contributed by atoms with E-state index in [-0.39, 0.29) is 5.97 Å². The highest BCUT2D eigenvalue weighted by molar-refractivity contribution is 6.30. The van der Waals surface area contributed by atoms with Gasteiger partial charge >= 0.3 is 5.97 Å². The van der Waals surface area contributed by atoms with E-state index >= 15 is 0 Å². The van der Waals surface area contributed by atoms with Gasteiger partial charge in [0.2, 0.25) is 0 Å². The molecular formula is C23H22ClN5O2. The highest BCUT2D eigenvalue weighted by Crippen LogP contribution is 2.46. The summed E-state index contributed by atoms with van der Waals surface area (Å²) in [4.78, 5) is 15.3. The fourth-order valence-corrected chi connectivity index (χ4v) is 5.35. The van der Waals surface area contributed by atoms with Crippen molar-refractivity contribution in [2.24, 2.45) is 0 Å². The van der Waals surface area contributed by atoms with Crippen LogP contribution in [0, 0.1) is 0 Å². The van der Waals surface area contributed by atoms with Crippen molar-refractivity contribution in [1.82, 2.24) is 25.0 Å². The third kappa shape index (κ3) is 2.84. The van der Waals surface area contributed by atoms with Gasteiger partial charge in [-0.3, -0.25) is 9.47 Å². The van der Waals surface area contributed by atoms with Crippen LogP contribution in [0.25, 0.3) is 17.1 Å². The Balaban J connectivity index is 1.57. The number of ether oxygens (including phenoxy) is 1. The fourth-order valence-electron chi connectivity index (χ4n) is 5.16. The van der Waals surface area contributed by atoms with Crippen molar-refractivity contribution >= 4 is 17.6 Å². The predicted octanol–water partition coefficient (Wildman–Crippen LogP) is 3.28. The summed E-state index contributed by atoms with van der Waals surface area (Å²) in [5, 5.41) is 13.1. The molecule has 0 saturated carbocycles. The molecule has 4 heterocycles. The Hall–Kier alpha value is -2.74. The predicted molar refractivity (Wildman–Crippen MR) is 116 cm³/mol. The summed E-state index contributed by atoms with van der Waals surface area (Å²) in [6.45, 7) is 3.06. The summed E-state index contributed by atoms with van der Waals surface area (Å²) >= 11 is 6.29. The van der Waals surface area contributed by atoms with E-state index in [0.717, 1.165) is 60.7 Å². The van der Waals surface area contributed by atoms with Gasteiger partial charge in [-0.1, -0.05) is 29.8 Å². The van der Waals surface area contributed by atoms with Gasteiger partial charge in [0.25, 0.3) is 0 Å². The number of aromatic nitrogens is 3. The number of piperidine rings is 1. The van der Waals surface area contributed by atoms with Crippen LogP contribution in [0.5, 0.6) is 0 Å². The van der Waals surface area contributed by atoms with E-state index in [9.17, 15) is 4.79 Å². The lowest BCUT2D eigenvalue weighted by molar-refractivity contribution is -0.0241. The molecular weight excluding hydrogens is 414 g/mol. The van der Waals surface area contributed by atoms with Crippen molar-refractivity contribution in [2.75, 3.05) is 20.1 Å². The van der Waals surface area contributed by atoms with Crippen molar-refractivity contribution in [3.05, 3.63) is 63.9 Å². The number of halogens is 1. The number of fused-ring (bicyclic) bond motifs is 5. The first-order valence-electron chi connectivity index (χ1n) is 10.6. The topological polar surface area (TPSA) is 72.3 Å². The Bertz CT molecular complexity index is 1210. The van der Waals surface area contributed by atoms with Gasteiger partial charge in [-0.25, -0.2) is 4.79 Å². The number of nitrogens with zero attached hydrogens (tertiary/aromatic N) is 4. The van der Waals surface area contributed by atoms with Crippen LogP contribution < -0.4 is 5.32 Å². The van der Waals surface area contributed by atoms with E-state index in [1.54, 1.807) is 0 Å². The number of esters is 1. The van der Waals surface area contributed by atoms with Gasteiger partial charge in [0.05, 0.1) is 17.8 Å². The lowest BCUT2D eigenvalue weighted by Gasteiger charge is -2.33. The van der Waals surface area contributed by atoms with Crippen molar-refractivity contribution in [1.29, 1.82) is 0 Å². The molecule has 0 unspecified atom stereocenters. The average molecular weight is 436 g/mol. The molecule has 8 heteroatoms. The third-order valence-electron chi connectivity index (χ3n) is 6.56. The lowest BCUT2D eigenvalue weighted by Crippen LogP contribution is -2.39. The van der Waals surface area contributed by atoms with E-state index in [4.69, 9.17) is 16.3 Å². The second-order valence-electron chi connectivity index (χ2n) is 8.58. The van der Waals surface area contributed by atoms with Crippen molar-refractivity contribution < 1.29 is 9.53 Å². The van der Waals surface area contributed by atoms with Gasteiger partial charge in [0, 0.05) is 35.5 Å². The Labute approximate surface area is 185 Å². The molecule has 1 fully saturated rings. The molecule has 0 bridgehead atoms. The summed E-state index contributed by atoms with van der Waals surface area (Å²) in [6.07, 6.45) is 1.55. The van der Waals surface area contributed by atoms with Crippen LogP contribution in [0.3, 0.4) is 0 Å². The number of carbonyl (C=O) groups excluding carboxylic acids is 1. The van der Waals surface area contributed by atoms with E-state index in [0.29, 0.717) is 23.0 Å². The van der Waals surface area contributed by atoms with Crippen molar-refractivity contribution in [3.63, 3.8) is 0 Å². The smallest absolute Gasteiger partial charge is 0.340 e. The average Bonchev–Trinajstić information content (AvgIpc) is 3.23. The quantitative estimate of drug-likeness (QED) is 0.591. The van der Waals surface area contributed by atoms with Gasteiger partial charge in [0.15, 0.2) is 11.6 Å². The number of hydrogen-bond acceptors (Lipinski definition) is 6. The summed E-state index contributed by atoms with van der Waals surface area (Å²) in [5.41, 5.74) is 3.90. The number of rotatable bonds is 1. The van der Waals surface area contributed by atoms with Crippen LogP contribution in [0.2, 0.25) is 5.02 Å². The summed E-state index contributed by atoms with van der Waals surface area (Å²) < 4.78 is 8.07. The number of nitrogens with one attached hydrogen (secondary N) is 1. The van der Waals surface area contributed by atoms with E-state index in [1.807, 2.05) is 43.4 Å². The van der Waals surface area contributed by atoms with Gasteiger partial charge < -0.3 is 10.1 Å². The summed E-state index contributed by atoms with van der Waals surface area (Å²) in [6, 6.07) is 11.8. The molecule has 31 heavy (non-hydrogen) atoms. The molecule has 1 saturated heterocycles. The molecule has 7 nitrogen and oxygen atoms in total. The molecule has 1 N–H and O–H groups in total. The van der Waals surface area contributed by atoms with Crippen LogP contribution in [-0.4, -0.2) is 45.8 Å². The SMILES string of the molecule is CN1Cc2cc(Cl)ccc2-n2c(nnc2-c2cccc3c2C(=O)OC32CCNCC2)C1. The van der Waals surface area contributed by atoms with Crippen LogP contribution in [0.4, 0.5) is 0 Å². The van der Waals surface area contributed by atoms with Gasteiger partial charge in [-0.15, -0.1) is 10.2 Å². The van der Waals surface area contributed by atoms with Crippen molar-refractivity contribution in [2.45, 2.75) is 31.5 Å². The molecule has 0 atom stereocenters. The fraction of sp³-hybridized carbons (Fsp3) is 0.348. The zero-order chi connectivity index (χ0) is 21.2. The molecule has 6 rings (SSSR count). The maximum atomic E-state index is 13.1. The highest BCUT2D eigenvalue weighted by Gasteiger charge is 2.47. The minimum Gasteiger partial charge on any atom is -0.450 e. The van der Waals surface area contributed by atoms with E-state index in [1.165, 1.54) is 0 Å². The first kappa shape index (κ1) is 19.0. The molecule has 3 aliphatic heterocycles. The molecule has 0 radical (unpaired) electrons. The maximum Gasteiger partial charge on any atom is 0.340 e. The van der Waals surface area contributed by atoms with Crippen molar-refractivity contribution in [3.8, 4) is 17.1 Å². The largest absolute Gasteiger partial charge is 0.450 e. The van der Waals surface area contributed by atoms with Crippen LogP contribution in [0.15, 0.2) is 36.4 Å². The Morgan fingerprint density at radius 2 is 1.97 bits per heavy atom. The normalized spacial score (nSPS) is 19.5. The Kier molecular flexibility index (Phi) is 4.21. The zero-order valence-electron chi connectivity index (χ0n) is 17.2. The van der Waals surface area contributed by atoms with Crippen LogP contribution in [-0.2, 0) is 23.4 Å². The monoisotopic (exact) mass is 435 g/mol. The molecule has 0 aliphatic carbocycles. The first-order valence-corrected chi connectivity index (χ1v) is 10.9. The standard InChI is InChI=1S/C23H22ClN5O2/c1-28-12-14-11-15(24)5-6-18(14)29-19(13-28)26-27-21(29)16-3-2-4-17-20(16)22(30)31-23(17)7-9-25-10-8-23/h2-6,11,25H,7-10,12-13H2,1H3. The summed E-state index contributed by atoms with van der Waals surface area (Å²) in [5.74, 6) is 1.22. The van der Waals surface area contributed by atoms with Crippen LogP contribution >= 0.6 is 11.6 Å². The lowest BCUT2D eigenvalue weighted by atomic mass is 9.83. The van der Waals surface area contributed by atoms with Crippen LogP contribution in [0.1, 0.15) is 40.2 Å². The summed E-state index contributed by atoms with van der Waals surface area (Å²) in [7, 11) is 2.05. The second-order valence-corrected chi connectivity index (χ2v) is 9.02. The van der Waals surface area contributed by atoms with E-state index in [2.05, 4.69) is 25.0 Å². The van der Waals surface area contributed by atoms with E-state index < -0.39 is 5.60 Å². The molecule has 3 aliphatic rings. The third-order valence-corrected chi connectivity index (χ3v) is 6.80. The minimum absolute atomic E-state index is 0.271. The molecule has 2 aromatic carbocycles. The Morgan fingerprint density at radius 3 is 2.81 bits per heavy atom. The maximum absolute atomic E-state index is 13.1. The number of hydrogen-bond donors (Lipinski definition) is 1. The molecule has 1 spiro atoms. The molecule has 3 aromatic rings. The first-order chi connectivity index (χ1) is 15.1. The number of carbonyl (C=O) groups is 1. The minimum atomic E-state index is -0.541. The molecule has 0 amide bonds. The second kappa shape index (κ2) is 6.88. The van der Waals surface area contributed by atoms with Gasteiger partial charge in [-0.2, -0.15) is 0 Å².